The Morgan fingerprint density at radius 2 is 1.07 bits per heavy atom. The van der Waals surface area contributed by atoms with E-state index in [1.807, 2.05) is 0 Å². The zero-order valence-electron chi connectivity index (χ0n) is 10.5. The van der Waals surface area contributed by atoms with Crippen molar-refractivity contribution in [1.82, 2.24) is 0 Å². The van der Waals surface area contributed by atoms with Crippen LogP contribution in [0.25, 0.3) is 0 Å². The molecule has 0 saturated carbocycles. The number of rotatable bonds is 8. The fraction of sp³-hybridized carbons (Fsp3) is 1.00. The minimum absolute atomic E-state index is 0. The van der Waals surface area contributed by atoms with Gasteiger partial charge in [0.15, 0.2) is 0 Å². The fourth-order valence-electron chi connectivity index (χ4n) is 1.95. The lowest BCUT2D eigenvalue weighted by molar-refractivity contribution is -0.00000312. The van der Waals surface area contributed by atoms with Gasteiger partial charge in [0.1, 0.15) is 0 Å². The summed E-state index contributed by atoms with van der Waals surface area (Å²) in [6.45, 7) is 9.48. The molecule has 0 N–H and O–H groups in total. The van der Waals surface area contributed by atoms with Gasteiger partial charge in [-0.05, 0) is 26.7 Å². The van der Waals surface area contributed by atoms with Crippen LogP contribution < -0.4 is 17.0 Å². The maximum atomic E-state index is 2.42. The summed E-state index contributed by atoms with van der Waals surface area (Å²) in [6, 6.07) is 0. The summed E-state index contributed by atoms with van der Waals surface area (Å²) < 4.78 is 0. The first-order chi connectivity index (χ1) is 6.24. The molecule has 0 aliphatic heterocycles. The van der Waals surface area contributed by atoms with Crippen LogP contribution in [0, 0.1) is 0 Å². The molecule has 0 bridgehead atoms. The smallest absolute Gasteiger partial charge is 0.0594 e. The highest BCUT2D eigenvalue weighted by Gasteiger charge is 2.31. The molecule has 0 rings (SSSR count). The van der Waals surface area contributed by atoms with Crippen molar-refractivity contribution in [2.24, 2.45) is 0 Å². The Labute approximate surface area is 102 Å². The van der Waals surface area contributed by atoms with Crippen molar-refractivity contribution in [2.45, 2.75) is 53.4 Å². The molecule has 0 radical (unpaired) electrons. The molecule has 0 aliphatic carbocycles. The van der Waals surface area contributed by atoms with Gasteiger partial charge in [0.05, 0.1) is 24.6 Å². The van der Waals surface area contributed by atoms with Gasteiger partial charge in [-0.1, -0.05) is 26.7 Å². The molecule has 2 heteroatoms. The summed E-state index contributed by atoms with van der Waals surface area (Å²) in [5.74, 6) is 0. The highest BCUT2D eigenvalue weighted by atomic mass is 79.9. The third kappa shape index (κ3) is 6.40. The second-order valence-corrected chi connectivity index (χ2v) is 8.97. The molecule has 0 atom stereocenters. The van der Waals surface area contributed by atoms with E-state index in [9.17, 15) is 0 Å². The van der Waals surface area contributed by atoms with Gasteiger partial charge < -0.3 is 17.0 Å². The Balaban J connectivity index is 0. The van der Waals surface area contributed by atoms with E-state index in [4.69, 9.17) is 0 Å². The van der Waals surface area contributed by atoms with E-state index < -0.39 is 7.26 Å². The van der Waals surface area contributed by atoms with Gasteiger partial charge in [-0.3, -0.25) is 0 Å². The lowest BCUT2D eigenvalue weighted by atomic mass is 10.4. The van der Waals surface area contributed by atoms with Gasteiger partial charge in [-0.15, -0.1) is 0 Å². The van der Waals surface area contributed by atoms with Crippen LogP contribution in [0.1, 0.15) is 53.4 Å². The summed E-state index contributed by atoms with van der Waals surface area (Å²) in [4.78, 5) is 0. The molecule has 14 heavy (non-hydrogen) atoms. The first kappa shape index (κ1) is 17.3. The molecule has 0 heterocycles. The molecular weight excluding hydrogens is 255 g/mol. The molecule has 0 unspecified atom stereocenters. The van der Waals surface area contributed by atoms with E-state index in [0.717, 1.165) is 0 Å². The Morgan fingerprint density at radius 3 is 1.29 bits per heavy atom. The fourth-order valence-corrected chi connectivity index (χ4v) is 5.86. The Kier molecular flexibility index (Phi) is 12.9. The second kappa shape index (κ2) is 10.4. The van der Waals surface area contributed by atoms with Crippen LogP contribution in [-0.4, -0.2) is 24.6 Å². The standard InChI is InChI=1S/C12H28P.BrH/c1-5-9-11-13(7-3,8-4)12-10-6-2;/h5-12H2,1-4H3;1H/q+1;/p-1. The number of halogens is 1. The van der Waals surface area contributed by atoms with Crippen molar-refractivity contribution >= 4 is 7.26 Å². The predicted molar refractivity (Wildman–Crippen MR) is 67.6 cm³/mol. The molecule has 88 valence electrons. The number of hydrogen-bond acceptors (Lipinski definition) is 0. The van der Waals surface area contributed by atoms with E-state index in [0.29, 0.717) is 0 Å². The van der Waals surface area contributed by atoms with Crippen LogP contribution in [0.15, 0.2) is 0 Å². The molecular formula is C12H28BrP. The summed E-state index contributed by atoms with van der Waals surface area (Å²) in [7, 11) is -0.491. The topological polar surface area (TPSA) is 0 Å². The van der Waals surface area contributed by atoms with Crippen molar-refractivity contribution in [3.8, 4) is 0 Å². The normalized spacial score (nSPS) is 11.1. The van der Waals surface area contributed by atoms with Gasteiger partial charge >= 0.3 is 0 Å². The average Bonchev–Trinajstić information content (AvgIpc) is 2.20. The van der Waals surface area contributed by atoms with E-state index in [-0.39, 0.29) is 17.0 Å². The van der Waals surface area contributed by atoms with E-state index in [2.05, 4.69) is 27.7 Å². The number of hydrogen-bond donors (Lipinski definition) is 0. The van der Waals surface area contributed by atoms with Crippen molar-refractivity contribution in [1.29, 1.82) is 0 Å². The monoisotopic (exact) mass is 282 g/mol. The molecule has 0 spiro atoms. The highest BCUT2D eigenvalue weighted by Crippen LogP contribution is 2.59. The van der Waals surface area contributed by atoms with Crippen molar-refractivity contribution in [3.05, 3.63) is 0 Å². The molecule has 0 saturated heterocycles. The molecule has 0 amide bonds. The van der Waals surface area contributed by atoms with Gasteiger partial charge in [0.2, 0.25) is 0 Å². The van der Waals surface area contributed by atoms with Crippen LogP contribution in [-0.2, 0) is 0 Å². The van der Waals surface area contributed by atoms with Gasteiger partial charge in [-0.25, -0.2) is 0 Å². The maximum Gasteiger partial charge on any atom is 0.0594 e. The predicted octanol–water partition coefficient (Wildman–Crippen LogP) is 1.65. The van der Waals surface area contributed by atoms with Gasteiger partial charge in [0.25, 0.3) is 0 Å². The average molecular weight is 283 g/mol. The third-order valence-corrected chi connectivity index (χ3v) is 8.53. The summed E-state index contributed by atoms with van der Waals surface area (Å²) in [6.07, 6.45) is 11.8. The van der Waals surface area contributed by atoms with Crippen LogP contribution in [0.3, 0.4) is 0 Å². The van der Waals surface area contributed by atoms with Crippen LogP contribution in [0.2, 0.25) is 0 Å². The van der Waals surface area contributed by atoms with E-state index in [1.165, 1.54) is 38.0 Å². The zero-order chi connectivity index (χ0) is 10.2. The summed E-state index contributed by atoms with van der Waals surface area (Å²) in [5, 5.41) is 0. The quantitative estimate of drug-likeness (QED) is 0.594. The van der Waals surface area contributed by atoms with Crippen LogP contribution in [0.4, 0.5) is 0 Å². The molecule has 0 aromatic carbocycles. The molecule has 0 nitrogen and oxygen atoms in total. The first-order valence-corrected chi connectivity index (χ1v) is 8.62. The van der Waals surface area contributed by atoms with E-state index >= 15 is 0 Å². The maximum absolute atomic E-state index is 2.42. The lowest BCUT2D eigenvalue weighted by Crippen LogP contribution is -3.00. The molecule has 0 aromatic heterocycles. The van der Waals surface area contributed by atoms with Crippen molar-refractivity contribution in [3.63, 3.8) is 0 Å². The van der Waals surface area contributed by atoms with Gasteiger partial charge in [-0.2, -0.15) is 0 Å². The molecule has 0 aliphatic rings. The van der Waals surface area contributed by atoms with Crippen LogP contribution >= 0.6 is 7.26 Å². The Morgan fingerprint density at radius 1 is 0.714 bits per heavy atom. The Bertz CT molecular complexity index is 101. The minimum Gasteiger partial charge on any atom is -1.00 e. The SMILES string of the molecule is CCCC[P+](CC)(CC)CCCC.[Br-]. The molecule has 0 aromatic rings. The second-order valence-electron chi connectivity index (χ2n) is 4.13. The summed E-state index contributed by atoms with van der Waals surface area (Å²) >= 11 is 0. The van der Waals surface area contributed by atoms with Crippen molar-refractivity contribution in [2.75, 3.05) is 24.6 Å². The molecule has 0 fully saturated rings. The van der Waals surface area contributed by atoms with E-state index in [1.54, 1.807) is 12.3 Å². The highest BCUT2D eigenvalue weighted by molar-refractivity contribution is 7.75. The minimum atomic E-state index is -0.491. The Hall–Kier alpha value is 0.910. The third-order valence-electron chi connectivity index (χ3n) is 3.31. The largest absolute Gasteiger partial charge is 1.00 e. The van der Waals surface area contributed by atoms with Gasteiger partial charge in [0, 0.05) is 7.26 Å². The zero-order valence-corrected chi connectivity index (χ0v) is 13.0. The lowest BCUT2D eigenvalue weighted by Gasteiger charge is -2.24. The first-order valence-electron chi connectivity index (χ1n) is 6.09. The number of unbranched alkanes of at least 4 members (excludes halogenated alkanes) is 2. The summed E-state index contributed by atoms with van der Waals surface area (Å²) in [5.41, 5.74) is 0. The van der Waals surface area contributed by atoms with Crippen LogP contribution in [0.5, 0.6) is 0 Å². The van der Waals surface area contributed by atoms with Crippen molar-refractivity contribution < 1.29 is 17.0 Å².